The quantitative estimate of drug-likeness (QED) is 0.337. The van der Waals surface area contributed by atoms with Gasteiger partial charge in [-0.25, -0.2) is 0 Å². The van der Waals surface area contributed by atoms with Crippen LogP contribution in [-0.4, -0.2) is 30.9 Å². The number of thioether (sulfide) groups is 1. The van der Waals surface area contributed by atoms with E-state index in [0.29, 0.717) is 12.3 Å². The summed E-state index contributed by atoms with van der Waals surface area (Å²) in [6.45, 7) is 8.49. The van der Waals surface area contributed by atoms with Crippen LogP contribution < -0.4 is 0 Å². The molecule has 0 aliphatic carbocycles. The van der Waals surface area contributed by atoms with Crippen LogP contribution in [0, 0.1) is 13.8 Å². The van der Waals surface area contributed by atoms with Gasteiger partial charge < -0.3 is 9.13 Å². The van der Waals surface area contributed by atoms with Crippen LogP contribution in [0.5, 0.6) is 0 Å². The minimum atomic E-state index is 0.107. The minimum absolute atomic E-state index is 0.107. The second-order valence-electron chi connectivity index (χ2n) is 6.52. The fraction of sp³-hybridized carbons (Fsp3) is 0.286. The highest BCUT2D eigenvalue weighted by molar-refractivity contribution is 7.99. The second-order valence-corrected chi connectivity index (χ2v) is 7.46. The Labute approximate surface area is 164 Å². The fourth-order valence-corrected chi connectivity index (χ4v) is 3.92. The van der Waals surface area contributed by atoms with E-state index >= 15 is 0 Å². The van der Waals surface area contributed by atoms with Gasteiger partial charge in [0.05, 0.1) is 5.75 Å². The lowest BCUT2D eigenvalue weighted by molar-refractivity contribution is 0.102. The monoisotopic (exact) mass is 380 g/mol. The maximum atomic E-state index is 12.7. The molecule has 6 heteroatoms. The Kier molecular flexibility index (Phi) is 5.96. The molecule has 0 fully saturated rings. The van der Waals surface area contributed by atoms with Crippen LogP contribution in [0.3, 0.4) is 0 Å². The molecular weight excluding hydrogens is 356 g/mol. The van der Waals surface area contributed by atoms with Gasteiger partial charge in [-0.1, -0.05) is 48.2 Å². The van der Waals surface area contributed by atoms with Crippen molar-refractivity contribution in [2.24, 2.45) is 7.05 Å². The Morgan fingerprint density at radius 1 is 1.22 bits per heavy atom. The van der Waals surface area contributed by atoms with Gasteiger partial charge in [-0.05, 0) is 25.5 Å². The third-order valence-electron chi connectivity index (χ3n) is 4.65. The molecule has 0 aliphatic heterocycles. The molecule has 1 aromatic carbocycles. The topological polar surface area (TPSA) is 52.7 Å². The van der Waals surface area contributed by atoms with Crippen molar-refractivity contribution >= 4 is 17.5 Å². The molecule has 140 valence electrons. The molecule has 0 bridgehead atoms. The van der Waals surface area contributed by atoms with Crippen molar-refractivity contribution in [1.29, 1.82) is 0 Å². The lowest BCUT2D eigenvalue weighted by Gasteiger charge is -2.06. The van der Waals surface area contributed by atoms with E-state index in [2.05, 4.69) is 33.5 Å². The molecule has 2 heterocycles. The number of benzene rings is 1. The standard InChI is InChI=1S/C21H24N4OS/c1-5-11-25-15(2)12-18(16(25)3)19(26)14-27-21-23-22-20(24(21)4)13-17-9-7-6-8-10-17/h5-10,12H,1,11,13-14H2,2-4H3. The van der Waals surface area contributed by atoms with Crippen molar-refractivity contribution < 1.29 is 4.79 Å². The number of aromatic nitrogens is 4. The zero-order valence-electron chi connectivity index (χ0n) is 16.0. The number of aryl methyl sites for hydroxylation is 1. The largest absolute Gasteiger partial charge is 0.345 e. The number of ketones is 1. The smallest absolute Gasteiger partial charge is 0.191 e. The van der Waals surface area contributed by atoms with Crippen molar-refractivity contribution in [1.82, 2.24) is 19.3 Å². The van der Waals surface area contributed by atoms with Crippen molar-refractivity contribution in [3.63, 3.8) is 0 Å². The minimum Gasteiger partial charge on any atom is -0.345 e. The highest BCUT2D eigenvalue weighted by Crippen LogP contribution is 2.22. The number of rotatable bonds is 8. The molecule has 0 radical (unpaired) electrons. The summed E-state index contributed by atoms with van der Waals surface area (Å²) in [6, 6.07) is 12.1. The second kappa shape index (κ2) is 8.39. The van der Waals surface area contributed by atoms with E-state index in [1.54, 1.807) is 0 Å². The molecule has 0 saturated heterocycles. The summed E-state index contributed by atoms with van der Waals surface area (Å²) < 4.78 is 4.07. The van der Waals surface area contributed by atoms with Crippen molar-refractivity contribution in [2.75, 3.05) is 5.75 Å². The van der Waals surface area contributed by atoms with Gasteiger partial charge in [0.15, 0.2) is 10.9 Å². The molecule has 0 atom stereocenters. The van der Waals surface area contributed by atoms with Crippen LogP contribution >= 0.6 is 11.8 Å². The van der Waals surface area contributed by atoms with Crippen molar-refractivity contribution in [3.05, 3.63) is 77.4 Å². The van der Waals surface area contributed by atoms with Gasteiger partial charge in [0.2, 0.25) is 0 Å². The van der Waals surface area contributed by atoms with E-state index in [9.17, 15) is 4.79 Å². The summed E-state index contributed by atoms with van der Waals surface area (Å²) in [7, 11) is 1.95. The number of hydrogen-bond acceptors (Lipinski definition) is 4. The highest BCUT2D eigenvalue weighted by Gasteiger charge is 2.17. The van der Waals surface area contributed by atoms with Gasteiger partial charge in [-0.15, -0.1) is 16.8 Å². The summed E-state index contributed by atoms with van der Waals surface area (Å²) in [4.78, 5) is 12.7. The Morgan fingerprint density at radius 3 is 2.67 bits per heavy atom. The summed E-state index contributed by atoms with van der Waals surface area (Å²) in [5.74, 6) is 1.34. The average Bonchev–Trinajstić information content (AvgIpc) is 3.15. The predicted molar refractivity (Wildman–Crippen MR) is 109 cm³/mol. The molecule has 2 aromatic heterocycles. The number of allylic oxidation sites excluding steroid dienone is 1. The maximum Gasteiger partial charge on any atom is 0.191 e. The molecular formula is C21H24N4OS. The van der Waals surface area contributed by atoms with Crippen LogP contribution in [-0.2, 0) is 20.0 Å². The molecule has 5 nitrogen and oxygen atoms in total. The van der Waals surface area contributed by atoms with Gasteiger partial charge in [0, 0.05) is 37.0 Å². The number of carbonyl (C=O) groups excluding carboxylic acids is 1. The van der Waals surface area contributed by atoms with E-state index in [1.807, 2.05) is 55.8 Å². The fourth-order valence-electron chi connectivity index (χ4n) is 3.10. The van der Waals surface area contributed by atoms with Gasteiger partial charge in [-0.3, -0.25) is 4.79 Å². The van der Waals surface area contributed by atoms with Gasteiger partial charge in [0.1, 0.15) is 5.82 Å². The SMILES string of the molecule is C=CCn1c(C)cc(C(=O)CSc2nnc(Cc3ccccc3)n2C)c1C. The molecule has 0 N–H and O–H groups in total. The first kappa shape index (κ1) is 19.2. The van der Waals surface area contributed by atoms with Gasteiger partial charge >= 0.3 is 0 Å². The van der Waals surface area contributed by atoms with Crippen molar-refractivity contribution in [3.8, 4) is 0 Å². The number of Topliss-reactive ketones (excluding diaryl/α,β-unsaturated/α-hetero) is 1. The third kappa shape index (κ3) is 4.22. The molecule has 3 aromatic rings. The lowest BCUT2D eigenvalue weighted by atomic mass is 10.1. The first-order valence-electron chi connectivity index (χ1n) is 8.87. The van der Waals surface area contributed by atoms with Crippen LogP contribution in [0.15, 0.2) is 54.2 Å². The Morgan fingerprint density at radius 2 is 1.96 bits per heavy atom. The van der Waals surface area contributed by atoms with Crippen LogP contribution in [0.1, 0.15) is 33.1 Å². The van der Waals surface area contributed by atoms with E-state index in [0.717, 1.165) is 34.4 Å². The van der Waals surface area contributed by atoms with E-state index < -0.39 is 0 Å². The van der Waals surface area contributed by atoms with Gasteiger partial charge in [-0.2, -0.15) is 0 Å². The maximum absolute atomic E-state index is 12.7. The van der Waals surface area contributed by atoms with Crippen LogP contribution in [0.25, 0.3) is 0 Å². The average molecular weight is 381 g/mol. The molecule has 0 amide bonds. The number of hydrogen-bond donors (Lipinski definition) is 0. The molecule has 0 spiro atoms. The van der Waals surface area contributed by atoms with Gasteiger partial charge in [0.25, 0.3) is 0 Å². The molecule has 0 unspecified atom stereocenters. The lowest BCUT2D eigenvalue weighted by Crippen LogP contribution is -2.07. The van der Waals surface area contributed by atoms with E-state index in [1.165, 1.54) is 17.3 Å². The number of carbonyl (C=O) groups is 1. The summed E-state index contributed by atoms with van der Waals surface area (Å²) >= 11 is 1.43. The molecule has 3 rings (SSSR count). The first-order valence-corrected chi connectivity index (χ1v) is 9.85. The Hall–Kier alpha value is -2.60. The zero-order chi connectivity index (χ0) is 19.4. The predicted octanol–water partition coefficient (Wildman–Crippen LogP) is 3.99. The highest BCUT2D eigenvalue weighted by atomic mass is 32.2. The summed E-state index contributed by atoms with van der Waals surface area (Å²) in [6.07, 6.45) is 2.57. The van der Waals surface area contributed by atoms with Crippen molar-refractivity contribution in [2.45, 2.75) is 32.0 Å². The molecule has 27 heavy (non-hydrogen) atoms. The Balaban J connectivity index is 1.68. The third-order valence-corrected chi connectivity index (χ3v) is 5.67. The summed E-state index contributed by atoms with van der Waals surface area (Å²) in [5, 5.41) is 9.30. The van der Waals surface area contributed by atoms with E-state index in [-0.39, 0.29) is 5.78 Å². The normalized spacial score (nSPS) is 10.9. The molecule has 0 aliphatic rings. The van der Waals surface area contributed by atoms with Crippen LogP contribution in [0.2, 0.25) is 0 Å². The first-order chi connectivity index (χ1) is 13.0. The Bertz CT molecular complexity index is 956. The summed E-state index contributed by atoms with van der Waals surface area (Å²) in [5.41, 5.74) is 4.02. The zero-order valence-corrected chi connectivity index (χ0v) is 16.8. The molecule has 0 saturated carbocycles. The number of nitrogens with zero attached hydrogens (tertiary/aromatic N) is 4. The van der Waals surface area contributed by atoms with Crippen LogP contribution in [0.4, 0.5) is 0 Å². The van der Waals surface area contributed by atoms with E-state index in [4.69, 9.17) is 0 Å².